The van der Waals surface area contributed by atoms with Gasteiger partial charge in [0, 0.05) is 10.6 Å². The van der Waals surface area contributed by atoms with Crippen LogP contribution < -0.4 is 10.2 Å². The van der Waals surface area contributed by atoms with Crippen molar-refractivity contribution in [2.45, 2.75) is 25.7 Å². The van der Waals surface area contributed by atoms with Gasteiger partial charge in [0.1, 0.15) is 10.6 Å². The number of carbonyl (C=O) groups is 2. The van der Waals surface area contributed by atoms with Gasteiger partial charge >= 0.3 is 0 Å². The van der Waals surface area contributed by atoms with Crippen LogP contribution in [-0.2, 0) is 9.59 Å². The second-order valence-electron chi connectivity index (χ2n) is 7.40. The van der Waals surface area contributed by atoms with Crippen molar-refractivity contribution in [3.63, 3.8) is 0 Å². The minimum Gasteiger partial charge on any atom is -0.350 e. The van der Waals surface area contributed by atoms with Gasteiger partial charge in [0.2, 0.25) is 0 Å². The Bertz CT molecular complexity index is 1130. The van der Waals surface area contributed by atoms with Crippen LogP contribution in [0.4, 0.5) is 11.4 Å². The van der Waals surface area contributed by atoms with E-state index in [1.165, 1.54) is 16.7 Å². The number of aryl methyl sites for hydroxylation is 3. The normalized spacial score (nSPS) is 13.9. The van der Waals surface area contributed by atoms with E-state index in [1.807, 2.05) is 75.4 Å². The summed E-state index contributed by atoms with van der Waals surface area (Å²) in [6, 6.07) is 23.0. The minimum atomic E-state index is -0.346. The third-order valence-electron chi connectivity index (χ3n) is 4.79. The Hall–Kier alpha value is -3.31. The summed E-state index contributed by atoms with van der Waals surface area (Å²) >= 11 is 1.31. The number of hydrogen-bond donors (Lipinski definition) is 1. The molecule has 150 valence electrons. The van der Waals surface area contributed by atoms with Crippen molar-refractivity contribution in [2.24, 2.45) is 0 Å². The van der Waals surface area contributed by atoms with E-state index in [9.17, 15) is 9.59 Å². The zero-order valence-corrected chi connectivity index (χ0v) is 17.9. The Morgan fingerprint density at radius 3 is 2.00 bits per heavy atom. The van der Waals surface area contributed by atoms with Crippen LogP contribution in [0.25, 0.3) is 0 Å². The first-order chi connectivity index (χ1) is 14.4. The molecule has 0 radical (unpaired) electrons. The number of rotatable bonds is 5. The fourth-order valence-corrected chi connectivity index (χ4v) is 4.39. The molecule has 4 nitrogen and oxygen atoms in total. The van der Waals surface area contributed by atoms with Gasteiger partial charge in [0.25, 0.3) is 11.8 Å². The topological polar surface area (TPSA) is 49.4 Å². The summed E-state index contributed by atoms with van der Waals surface area (Å²) in [6.07, 6.45) is 0. The first-order valence-corrected chi connectivity index (χ1v) is 10.5. The van der Waals surface area contributed by atoms with Gasteiger partial charge in [-0.1, -0.05) is 53.7 Å². The molecule has 2 amide bonds. The SMILES string of the molecule is Cc1ccc(N2C(=O)C(Nc3cc(C)cc(C)c3)=C(Sc3ccccc3)C2=O)cc1. The van der Waals surface area contributed by atoms with Crippen LogP contribution in [0.1, 0.15) is 16.7 Å². The van der Waals surface area contributed by atoms with Gasteiger partial charge in [-0.05, 0) is 68.3 Å². The highest BCUT2D eigenvalue weighted by Crippen LogP contribution is 2.38. The van der Waals surface area contributed by atoms with E-state index in [2.05, 4.69) is 11.4 Å². The molecule has 0 aliphatic carbocycles. The van der Waals surface area contributed by atoms with Gasteiger partial charge in [-0.3, -0.25) is 9.59 Å². The summed E-state index contributed by atoms with van der Waals surface area (Å²) in [4.78, 5) is 29.2. The molecule has 0 bridgehead atoms. The highest BCUT2D eigenvalue weighted by Gasteiger charge is 2.40. The zero-order chi connectivity index (χ0) is 21.3. The van der Waals surface area contributed by atoms with E-state index in [0.29, 0.717) is 16.3 Å². The van der Waals surface area contributed by atoms with Crippen LogP contribution in [0.15, 0.2) is 88.3 Å². The van der Waals surface area contributed by atoms with E-state index >= 15 is 0 Å². The second-order valence-corrected chi connectivity index (χ2v) is 8.49. The summed E-state index contributed by atoms with van der Waals surface area (Å²) in [5.74, 6) is -0.661. The molecule has 0 saturated heterocycles. The Labute approximate surface area is 180 Å². The average molecular weight is 415 g/mol. The monoisotopic (exact) mass is 414 g/mol. The summed E-state index contributed by atoms with van der Waals surface area (Å²) in [7, 11) is 0. The van der Waals surface area contributed by atoms with E-state index in [1.54, 1.807) is 12.1 Å². The maximum Gasteiger partial charge on any atom is 0.283 e. The van der Waals surface area contributed by atoms with Crippen molar-refractivity contribution in [3.8, 4) is 0 Å². The van der Waals surface area contributed by atoms with E-state index in [-0.39, 0.29) is 11.8 Å². The van der Waals surface area contributed by atoms with Gasteiger partial charge in [0.15, 0.2) is 0 Å². The van der Waals surface area contributed by atoms with Crippen LogP contribution in [-0.4, -0.2) is 11.8 Å². The smallest absolute Gasteiger partial charge is 0.283 e. The predicted octanol–water partition coefficient (Wildman–Crippen LogP) is 5.60. The van der Waals surface area contributed by atoms with Gasteiger partial charge in [-0.15, -0.1) is 0 Å². The second kappa shape index (κ2) is 8.20. The third-order valence-corrected chi connectivity index (χ3v) is 5.88. The molecule has 3 aromatic rings. The maximum atomic E-state index is 13.3. The molecule has 1 aliphatic rings. The summed E-state index contributed by atoms with van der Waals surface area (Å²) in [6.45, 7) is 5.98. The zero-order valence-electron chi connectivity index (χ0n) is 17.1. The molecule has 5 heteroatoms. The molecule has 0 fully saturated rings. The van der Waals surface area contributed by atoms with Crippen molar-refractivity contribution in [1.82, 2.24) is 0 Å². The Balaban J connectivity index is 1.76. The highest BCUT2D eigenvalue weighted by molar-refractivity contribution is 8.04. The average Bonchev–Trinajstić information content (AvgIpc) is 2.93. The molecule has 1 heterocycles. The molecule has 1 N–H and O–H groups in total. The highest BCUT2D eigenvalue weighted by atomic mass is 32.2. The lowest BCUT2D eigenvalue weighted by molar-refractivity contribution is -0.120. The fourth-order valence-electron chi connectivity index (χ4n) is 3.44. The van der Waals surface area contributed by atoms with Crippen molar-refractivity contribution in [1.29, 1.82) is 0 Å². The van der Waals surface area contributed by atoms with Crippen molar-refractivity contribution in [2.75, 3.05) is 10.2 Å². The number of anilines is 2. The van der Waals surface area contributed by atoms with Gasteiger partial charge in [0.05, 0.1) is 5.69 Å². The summed E-state index contributed by atoms with van der Waals surface area (Å²) < 4.78 is 0. The lowest BCUT2D eigenvalue weighted by Crippen LogP contribution is -2.32. The number of imide groups is 1. The Morgan fingerprint density at radius 2 is 1.37 bits per heavy atom. The number of thioether (sulfide) groups is 1. The van der Waals surface area contributed by atoms with Crippen LogP contribution in [0.3, 0.4) is 0 Å². The number of benzene rings is 3. The first kappa shape index (κ1) is 20.0. The number of nitrogens with one attached hydrogen (secondary N) is 1. The molecular formula is C25H22N2O2S. The number of carbonyl (C=O) groups excluding carboxylic acids is 2. The van der Waals surface area contributed by atoms with Crippen LogP contribution >= 0.6 is 11.8 Å². The number of nitrogens with zero attached hydrogens (tertiary/aromatic N) is 1. The van der Waals surface area contributed by atoms with Gasteiger partial charge < -0.3 is 5.32 Å². The first-order valence-electron chi connectivity index (χ1n) is 9.70. The van der Waals surface area contributed by atoms with Gasteiger partial charge in [-0.2, -0.15) is 0 Å². The quantitative estimate of drug-likeness (QED) is 0.552. The molecule has 0 spiro atoms. The lowest BCUT2D eigenvalue weighted by atomic mass is 10.1. The maximum absolute atomic E-state index is 13.3. The number of hydrogen-bond acceptors (Lipinski definition) is 4. The third kappa shape index (κ3) is 4.02. The molecule has 0 unspecified atom stereocenters. The molecule has 0 aromatic heterocycles. The van der Waals surface area contributed by atoms with E-state index in [0.717, 1.165) is 27.3 Å². The molecule has 3 aromatic carbocycles. The minimum absolute atomic E-state index is 0.305. The molecular weight excluding hydrogens is 392 g/mol. The summed E-state index contributed by atoms with van der Waals surface area (Å²) in [5.41, 5.74) is 4.90. The van der Waals surface area contributed by atoms with Crippen LogP contribution in [0.2, 0.25) is 0 Å². The predicted molar refractivity (Wildman–Crippen MR) is 123 cm³/mol. The van der Waals surface area contributed by atoms with Crippen molar-refractivity contribution < 1.29 is 9.59 Å². The van der Waals surface area contributed by atoms with E-state index < -0.39 is 0 Å². The Kier molecular flexibility index (Phi) is 5.46. The molecule has 0 saturated carbocycles. The fraction of sp³-hybridized carbons (Fsp3) is 0.120. The van der Waals surface area contributed by atoms with Crippen molar-refractivity contribution in [3.05, 3.63) is 100 Å². The molecule has 4 rings (SSSR count). The molecule has 0 atom stereocenters. The largest absolute Gasteiger partial charge is 0.350 e. The molecule has 1 aliphatic heterocycles. The summed E-state index contributed by atoms with van der Waals surface area (Å²) in [5, 5.41) is 3.23. The standard InChI is InChI=1S/C25H22N2O2S/c1-16-9-11-20(12-10-16)27-24(28)22(26-19-14-17(2)13-18(3)15-19)23(25(27)29)30-21-7-5-4-6-8-21/h4-15,26H,1-3H3. The van der Waals surface area contributed by atoms with Crippen molar-refractivity contribution >= 4 is 35.0 Å². The molecule has 30 heavy (non-hydrogen) atoms. The lowest BCUT2D eigenvalue weighted by Gasteiger charge is -2.15. The van der Waals surface area contributed by atoms with Gasteiger partial charge in [-0.25, -0.2) is 4.90 Å². The van der Waals surface area contributed by atoms with Crippen LogP contribution in [0.5, 0.6) is 0 Å². The number of amides is 2. The van der Waals surface area contributed by atoms with E-state index in [4.69, 9.17) is 0 Å². The van der Waals surface area contributed by atoms with Crippen LogP contribution in [0, 0.1) is 20.8 Å². The Morgan fingerprint density at radius 1 is 0.733 bits per heavy atom.